The van der Waals surface area contributed by atoms with Crippen LogP contribution in [0.15, 0.2) is 55.1 Å². The number of benzene rings is 2. The molecule has 1 aliphatic rings. The first kappa shape index (κ1) is 23.0. The highest BCUT2D eigenvalue weighted by Crippen LogP contribution is 2.35. The van der Waals surface area contributed by atoms with Crippen LogP contribution in [0.3, 0.4) is 0 Å². The van der Waals surface area contributed by atoms with Gasteiger partial charge in [0.2, 0.25) is 0 Å². The van der Waals surface area contributed by atoms with E-state index in [0.29, 0.717) is 11.7 Å². The largest absolute Gasteiger partial charge is 0.493 e. The third-order valence-corrected chi connectivity index (χ3v) is 5.91. The molecule has 2 aromatic rings. The summed E-state index contributed by atoms with van der Waals surface area (Å²) in [5.41, 5.74) is 4.32. The van der Waals surface area contributed by atoms with E-state index in [1.165, 1.54) is 43.7 Å². The van der Waals surface area contributed by atoms with Crippen molar-refractivity contribution in [3.8, 4) is 16.9 Å². The maximum Gasteiger partial charge on any atom is 0.330 e. The van der Waals surface area contributed by atoms with E-state index in [0.717, 1.165) is 16.7 Å². The Kier molecular flexibility index (Phi) is 8.68. The van der Waals surface area contributed by atoms with Crippen molar-refractivity contribution >= 4 is 5.97 Å². The van der Waals surface area contributed by atoms with Gasteiger partial charge in [0, 0.05) is 12.0 Å². The maximum atomic E-state index is 11.6. The number of rotatable bonds is 10. The lowest BCUT2D eigenvalue weighted by Gasteiger charge is -2.23. The van der Waals surface area contributed by atoms with Crippen molar-refractivity contribution in [1.82, 2.24) is 0 Å². The standard InChI is InChI=1S/C26H32O5/c1-2-26(29)31-18-23-14-22(20-6-4-3-5-7-20)10-13-25(23)21-8-11-24(12-9-21)30-17-19(15-27)16-28/h2,8-14,19-20,27-28H,1,3-7,15-18H2. The summed E-state index contributed by atoms with van der Waals surface area (Å²) in [7, 11) is 0. The summed E-state index contributed by atoms with van der Waals surface area (Å²) in [5, 5.41) is 18.3. The lowest BCUT2D eigenvalue weighted by Crippen LogP contribution is -2.19. The van der Waals surface area contributed by atoms with Crippen LogP contribution in [0.25, 0.3) is 11.1 Å². The molecule has 166 valence electrons. The van der Waals surface area contributed by atoms with E-state index in [4.69, 9.17) is 19.7 Å². The highest BCUT2D eigenvalue weighted by Gasteiger charge is 2.18. The Morgan fingerprint density at radius 1 is 1.06 bits per heavy atom. The highest BCUT2D eigenvalue weighted by atomic mass is 16.5. The number of esters is 1. The molecular formula is C26H32O5. The molecule has 0 aliphatic heterocycles. The number of carbonyl (C=O) groups is 1. The molecule has 0 unspecified atom stereocenters. The topological polar surface area (TPSA) is 76.0 Å². The minimum absolute atomic E-state index is 0.116. The van der Waals surface area contributed by atoms with Crippen molar-refractivity contribution in [3.63, 3.8) is 0 Å². The number of carbonyl (C=O) groups excluding carboxylic acids is 1. The molecule has 5 heteroatoms. The van der Waals surface area contributed by atoms with Crippen LogP contribution in [0.4, 0.5) is 0 Å². The van der Waals surface area contributed by atoms with Gasteiger partial charge in [-0.3, -0.25) is 0 Å². The van der Waals surface area contributed by atoms with Crippen LogP contribution >= 0.6 is 0 Å². The Morgan fingerprint density at radius 3 is 2.42 bits per heavy atom. The predicted octanol–water partition coefficient (Wildman–Crippen LogP) is 4.61. The molecule has 0 spiro atoms. The minimum Gasteiger partial charge on any atom is -0.493 e. The Bertz CT molecular complexity index is 849. The van der Waals surface area contributed by atoms with Gasteiger partial charge in [-0.2, -0.15) is 0 Å². The molecule has 3 rings (SSSR count). The number of aliphatic hydroxyl groups excluding tert-OH is 2. The number of hydrogen-bond acceptors (Lipinski definition) is 5. The van der Waals surface area contributed by atoms with Gasteiger partial charge < -0.3 is 19.7 Å². The van der Waals surface area contributed by atoms with Gasteiger partial charge in [-0.1, -0.05) is 56.2 Å². The average Bonchev–Trinajstić information content (AvgIpc) is 2.84. The van der Waals surface area contributed by atoms with Gasteiger partial charge in [-0.15, -0.1) is 0 Å². The van der Waals surface area contributed by atoms with Gasteiger partial charge in [0.15, 0.2) is 0 Å². The van der Waals surface area contributed by atoms with E-state index >= 15 is 0 Å². The van der Waals surface area contributed by atoms with Gasteiger partial charge in [0.25, 0.3) is 0 Å². The van der Waals surface area contributed by atoms with Crippen molar-refractivity contribution in [2.75, 3.05) is 19.8 Å². The lowest BCUT2D eigenvalue weighted by atomic mass is 9.82. The molecule has 1 fully saturated rings. The molecule has 1 saturated carbocycles. The van der Waals surface area contributed by atoms with Gasteiger partial charge in [0.05, 0.1) is 19.8 Å². The first-order valence-electron chi connectivity index (χ1n) is 11.0. The predicted molar refractivity (Wildman–Crippen MR) is 121 cm³/mol. The molecule has 0 saturated heterocycles. The van der Waals surface area contributed by atoms with Gasteiger partial charge in [-0.05, 0) is 53.1 Å². The molecular weight excluding hydrogens is 392 g/mol. The molecule has 0 atom stereocenters. The van der Waals surface area contributed by atoms with Gasteiger partial charge in [0.1, 0.15) is 12.4 Å². The van der Waals surface area contributed by atoms with E-state index in [1.807, 2.05) is 24.3 Å². The second-order valence-electron chi connectivity index (χ2n) is 8.13. The maximum absolute atomic E-state index is 11.6. The Balaban J connectivity index is 1.80. The zero-order valence-corrected chi connectivity index (χ0v) is 18.0. The quantitative estimate of drug-likeness (QED) is 0.430. The second kappa shape index (κ2) is 11.7. The molecule has 5 nitrogen and oxygen atoms in total. The molecule has 0 heterocycles. The van der Waals surface area contributed by atoms with Crippen LogP contribution in [0, 0.1) is 5.92 Å². The molecule has 31 heavy (non-hydrogen) atoms. The number of hydrogen-bond donors (Lipinski definition) is 2. The summed E-state index contributed by atoms with van der Waals surface area (Å²) in [5.74, 6) is 0.519. The normalized spacial score (nSPS) is 14.4. The van der Waals surface area contributed by atoms with Crippen molar-refractivity contribution in [1.29, 1.82) is 0 Å². The Morgan fingerprint density at radius 2 is 1.77 bits per heavy atom. The molecule has 2 aromatic carbocycles. The Hall–Kier alpha value is -2.63. The van der Waals surface area contributed by atoms with Crippen molar-refractivity contribution in [3.05, 3.63) is 66.2 Å². The van der Waals surface area contributed by atoms with E-state index in [2.05, 4.69) is 24.8 Å². The highest BCUT2D eigenvalue weighted by molar-refractivity contribution is 5.81. The van der Waals surface area contributed by atoms with Crippen LogP contribution in [-0.2, 0) is 16.1 Å². The fourth-order valence-electron chi connectivity index (χ4n) is 4.02. The monoisotopic (exact) mass is 424 g/mol. The second-order valence-corrected chi connectivity index (χ2v) is 8.13. The SMILES string of the molecule is C=CC(=O)OCc1cc(C2CCCCC2)ccc1-c1ccc(OCC(CO)CO)cc1. The van der Waals surface area contributed by atoms with Crippen LogP contribution in [-0.4, -0.2) is 36.0 Å². The number of ether oxygens (including phenoxy) is 2. The molecule has 0 radical (unpaired) electrons. The van der Waals surface area contributed by atoms with Crippen LogP contribution in [0.5, 0.6) is 5.75 Å². The lowest BCUT2D eigenvalue weighted by molar-refractivity contribution is -0.138. The third-order valence-electron chi connectivity index (χ3n) is 5.91. The van der Waals surface area contributed by atoms with Crippen LogP contribution in [0.1, 0.15) is 49.1 Å². The molecule has 1 aliphatic carbocycles. The van der Waals surface area contributed by atoms with Crippen molar-refractivity contribution in [2.24, 2.45) is 5.92 Å². The van der Waals surface area contributed by atoms with Crippen molar-refractivity contribution in [2.45, 2.75) is 44.6 Å². The van der Waals surface area contributed by atoms with E-state index < -0.39 is 5.97 Å². The zero-order chi connectivity index (χ0) is 22.1. The van der Waals surface area contributed by atoms with Crippen LogP contribution < -0.4 is 4.74 Å². The van der Waals surface area contributed by atoms with Gasteiger partial charge >= 0.3 is 5.97 Å². The van der Waals surface area contributed by atoms with Crippen LogP contribution in [0.2, 0.25) is 0 Å². The fourth-order valence-corrected chi connectivity index (χ4v) is 4.02. The van der Waals surface area contributed by atoms with E-state index in [9.17, 15) is 4.79 Å². The van der Waals surface area contributed by atoms with Gasteiger partial charge in [-0.25, -0.2) is 4.79 Å². The first-order chi connectivity index (χ1) is 15.1. The summed E-state index contributed by atoms with van der Waals surface area (Å²) >= 11 is 0. The van der Waals surface area contributed by atoms with E-state index in [1.54, 1.807) is 0 Å². The average molecular weight is 425 g/mol. The summed E-state index contributed by atoms with van der Waals surface area (Å²) in [6.07, 6.45) is 7.44. The molecule has 0 bridgehead atoms. The van der Waals surface area contributed by atoms with Crippen molar-refractivity contribution < 1.29 is 24.5 Å². The third kappa shape index (κ3) is 6.42. The summed E-state index contributed by atoms with van der Waals surface area (Å²) < 4.78 is 11.0. The summed E-state index contributed by atoms with van der Waals surface area (Å²) in [4.78, 5) is 11.6. The fraction of sp³-hybridized carbons (Fsp3) is 0.423. The summed E-state index contributed by atoms with van der Waals surface area (Å²) in [6.45, 7) is 3.70. The minimum atomic E-state index is -0.430. The molecule has 0 aromatic heterocycles. The Labute approximate surface area is 184 Å². The summed E-state index contributed by atoms with van der Waals surface area (Å²) in [6, 6.07) is 14.2. The zero-order valence-electron chi connectivity index (χ0n) is 18.0. The molecule has 0 amide bonds. The first-order valence-corrected chi connectivity index (χ1v) is 11.0. The smallest absolute Gasteiger partial charge is 0.330 e. The van der Waals surface area contributed by atoms with E-state index in [-0.39, 0.29) is 32.3 Å². The molecule has 2 N–H and O–H groups in total. The number of aliphatic hydroxyl groups is 2.